The predicted octanol–water partition coefficient (Wildman–Crippen LogP) is 4.31. The highest BCUT2D eigenvalue weighted by Gasteiger charge is 2.06. The van der Waals surface area contributed by atoms with Gasteiger partial charge >= 0.3 is 0 Å². The second kappa shape index (κ2) is 8.85. The van der Waals surface area contributed by atoms with Crippen molar-refractivity contribution in [3.05, 3.63) is 83.6 Å². The molecule has 0 saturated carbocycles. The van der Waals surface area contributed by atoms with Gasteiger partial charge in [-0.3, -0.25) is 4.79 Å². The third-order valence-corrected chi connectivity index (χ3v) is 4.16. The molecule has 3 rings (SSSR count). The average Bonchev–Trinajstić information content (AvgIpc) is 2.69. The number of amides is 1. The van der Waals surface area contributed by atoms with Crippen LogP contribution in [-0.2, 0) is 6.42 Å². The fraction of sp³-hybridized carbons (Fsp3) is 0.182. The number of carbonyl (C=O) groups is 1. The number of aryl methyl sites for hydroxylation is 1. The Labute approximate surface area is 159 Å². The molecule has 0 aliphatic carbocycles. The predicted molar refractivity (Wildman–Crippen MR) is 109 cm³/mol. The van der Waals surface area contributed by atoms with Crippen molar-refractivity contribution in [3.8, 4) is 5.75 Å². The molecule has 0 aliphatic rings. The van der Waals surface area contributed by atoms with Crippen LogP contribution in [0.25, 0.3) is 0 Å². The van der Waals surface area contributed by atoms with Gasteiger partial charge in [0.25, 0.3) is 5.91 Å². The zero-order valence-electron chi connectivity index (χ0n) is 15.5. The first-order valence-electron chi connectivity index (χ1n) is 8.85. The van der Waals surface area contributed by atoms with Crippen molar-refractivity contribution >= 4 is 17.4 Å². The SMILES string of the molecule is COc1cccc(CCNc2ccc(NC(=O)c3cccc(C)c3)cn2)c1. The Hall–Kier alpha value is -3.34. The molecule has 2 N–H and O–H groups in total. The van der Waals surface area contributed by atoms with Gasteiger partial charge in [-0.15, -0.1) is 0 Å². The number of rotatable bonds is 7. The molecule has 0 saturated heterocycles. The van der Waals surface area contributed by atoms with Gasteiger partial charge in [0.1, 0.15) is 11.6 Å². The molecule has 0 fully saturated rings. The number of benzene rings is 2. The second-order valence-electron chi connectivity index (χ2n) is 6.28. The standard InChI is InChI=1S/C22H23N3O2/c1-16-5-3-7-18(13-16)22(26)25-19-9-10-21(24-15-19)23-12-11-17-6-4-8-20(14-17)27-2/h3-10,13-15H,11-12H2,1-2H3,(H,23,24)(H,25,26). The van der Waals surface area contributed by atoms with Gasteiger partial charge in [-0.2, -0.15) is 0 Å². The topological polar surface area (TPSA) is 63.2 Å². The summed E-state index contributed by atoms with van der Waals surface area (Å²) in [7, 11) is 1.67. The molecule has 27 heavy (non-hydrogen) atoms. The van der Waals surface area contributed by atoms with Gasteiger partial charge in [-0.05, 0) is 55.3 Å². The third kappa shape index (κ3) is 5.31. The Morgan fingerprint density at radius 2 is 1.93 bits per heavy atom. The zero-order valence-corrected chi connectivity index (χ0v) is 15.5. The number of hydrogen-bond acceptors (Lipinski definition) is 4. The molecule has 0 radical (unpaired) electrons. The molecule has 1 aromatic heterocycles. The van der Waals surface area contributed by atoms with Crippen molar-refractivity contribution in [2.24, 2.45) is 0 Å². The summed E-state index contributed by atoms with van der Waals surface area (Å²) in [5, 5.41) is 6.15. The molecule has 0 aliphatic heterocycles. The van der Waals surface area contributed by atoms with Crippen LogP contribution in [0, 0.1) is 6.92 Å². The van der Waals surface area contributed by atoms with Crippen LogP contribution in [0.5, 0.6) is 5.75 Å². The first-order chi connectivity index (χ1) is 13.1. The molecular formula is C22H23N3O2. The van der Waals surface area contributed by atoms with Gasteiger partial charge in [-0.1, -0.05) is 29.8 Å². The maximum Gasteiger partial charge on any atom is 0.255 e. The summed E-state index contributed by atoms with van der Waals surface area (Å²) in [5.74, 6) is 1.49. The van der Waals surface area contributed by atoms with E-state index >= 15 is 0 Å². The van der Waals surface area contributed by atoms with Crippen LogP contribution in [0.15, 0.2) is 66.9 Å². The quantitative estimate of drug-likeness (QED) is 0.658. The number of nitrogens with one attached hydrogen (secondary N) is 2. The van der Waals surface area contributed by atoms with Crippen LogP contribution in [0.3, 0.4) is 0 Å². The van der Waals surface area contributed by atoms with Gasteiger partial charge < -0.3 is 15.4 Å². The van der Waals surface area contributed by atoms with Crippen molar-refractivity contribution < 1.29 is 9.53 Å². The van der Waals surface area contributed by atoms with Crippen molar-refractivity contribution in [2.75, 3.05) is 24.3 Å². The highest BCUT2D eigenvalue weighted by atomic mass is 16.5. The van der Waals surface area contributed by atoms with E-state index in [1.54, 1.807) is 19.4 Å². The molecule has 0 bridgehead atoms. The molecule has 138 valence electrons. The molecule has 0 spiro atoms. The third-order valence-electron chi connectivity index (χ3n) is 4.16. The number of carbonyl (C=O) groups excluding carboxylic acids is 1. The number of methoxy groups -OCH3 is 1. The van der Waals surface area contributed by atoms with Crippen LogP contribution in [0.2, 0.25) is 0 Å². The molecule has 1 amide bonds. The minimum atomic E-state index is -0.140. The molecule has 0 unspecified atom stereocenters. The van der Waals surface area contributed by atoms with E-state index in [1.807, 2.05) is 55.5 Å². The second-order valence-corrected chi connectivity index (χ2v) is 6.28. The van der Waals surface area contributed by atoms with Gasteiger partial charge in [0.2, 0.25) is 0 Å². The van der Waals surface area contributed by atoms with Gasteiger partial charge in [0.05, 0.1) is 19.0 Å². The summed E-state index contributed by atoms with van der Waals surface area (Å²) in [6.07, 6.45) is 2.52. The van der Waals surface area contributed by atoms with E-state index < -0.39 is 0 Å². The number of nitrogens with zero attached hydrogens (tertiary/aromatic N) is 1. The first kappa shape index (κ1) is 18.5. The lowest BCUT2D eigenvalue weighted by molar-refractivity contribution is 0.102. The number of aromatic nitrogens is 1. The van der Waals surface area contributed by atoms with E-state index in [-0.39, 0.29) is 5.91 Å². The number of hydrogen-bond donors (Lipinski definition) is 2. The largest absolute Gasteiger partial charge is 0.497 e. The van der Waals surface area contributed by atoms with Crippen molar-refractivity contribution in [1.82, 2.24) is 4.98 Å². The summed E-state index contributed by atoms with van der Waals surface area (Å²) in [4.78, 5) is 16.6. The van der Waals surface area contributed by atoms with E-state index in [2.05, 4.69) is 21.7 Å². The van der Waals surface area contributed by atoms with Crippen LogP contribution in [-0.4, -0.2) is 24.5 Å². The van der Waals surface area contributed by atoms with Crippen molar-refractivity contribution in [3.63, 3.8) is 0 Å². The smallest absolute Gasteiger partial charge is 0.255 e. The summed E-state index contributed by atoms with van der Waals surface area (Å²) in [6, 6.07) is 19.2. The molecule has 5 heteroatoms. The van der Waals surface area contributed by atoms with E-state index in [1.165, 1.54) is 5.56 Å². The summed E-state index contributed by atoms with van der Waals surface area (Å²) in [5.41, 5.74) is 3.55. The monoisotopic (exact) mass is 361 g/mol. The Bertz CT molecular complexity index is 907. The highest BCUT2D eigenvalue weighted by molar-refractivity contribution is 6.04. The lowest BCUT2D eigenvalue weighted by atomic mass is 10.1. The zero-order chi connectivity index (χ0) is 19.1. The average molecular weight is 361 g/mol. The maximum atomic E-state index is 12.3. The summed E-state index contributed by atoms with van der Waals surface area (Å²) >= 11 is 0. The van der Waals surface area contributed by atoms with Crippen LogP contribution < -0.4 is 15.4 Å². The fourth-order valence-corrected chi connectivity index (χ4v) is 2.72. The van der Waals surface area contributed by atoms with Crippen LogP contribution >= 0.6 is 0 Å². The first-order valence-corrected chi connectivity index (χ1v) is 8.85. The molecule has 3 aromatic rings. The van der Waals surface area contributed by atoms with Gasteiger partial charge in [0.15, 0.2) is 0 Å². The Morgan fingerprint density at radius 3 is 2.67 bits per heavy atom. The summed E-state index contributed by atoms with van der Waals surface area (Å²) < 4.78 is 5.24. The molecule has 2 aromatic carbocycles. The lowest BCUT2D eigenvalue weighted by Gasteiger charge is -2.09. The van der Waals surface area contributed by atoms with E-state index in [4.69, 9.17) is 4.74 Å². The summed E-state index contributed by atoms with van der Waals surface area (Å²) in [6.45, 7) is 2.72. The Balaban J connectivity index is 1.51. The number of ether oxygens (including phenoxy) is 1. The van der Waals surface area contributed by atoms with Crippen LogP contribution in [0.1, 0.15) is 21.5 Å². The highest BCUT2D eigenvalue weighted by Crippen LogP contribution is 2.14. The van der Waals surface area contributed by atoms with Crippen LogP contribution in [0.4, 0.5) is 11.5 Å². The lowest BCUT2D eigenvalue weighted by Crippen LogP contribution is -2.12. The molecule has 5 nitrogen and oxygen atoms in total. The maximum absolute atomic E-state index is 12.3. The number of pyridine rings is 1. The van der Waals surface area contributed by atoms with E-state index in [0.717, 1.165) is 30.1 Å². The van der Waals surface area contributed by atoms with Crippen molar-refractivity contribution in [1.29, 1.82) is 0 Å². The molecule has 1 heterocycles. The molecule has 0 atom stereocenters. The normalized spacial score (nSPS) is 10.3. The van der Waals surface area contributed by atoms with E-state index in [9.17, 15) is 4.79 Å². The Kier molecular flexibility index (Phi) is 6.05. The van der Waals surface area contributed by atoms with Gasteiger partial charge in [0, 0.05) is 12.1 Å². The minimum absolute atomic E-state index is 0.140. The fourth-order valence-electron chi connectivity index (χ4n) is 2.72. The van der Waals surface area contributed by atoms with Gasteiger partial charge in [-0.25, -0.2) is 4.98 Å². The number of anilines is 2. The van der Waals surface area contributed by atoms with Crippen molar-refractivity contribution in [2.45, 2.75) is 13.3 Å². The minimum Gasteiger partial charge on any atom is -0.497 e. The molecular weight excluding hydrogens is 338 g/mol. The Morgan fingerprint density at radius 1 is 1.07 bits per heavy atom. The van der Waals surface area contributed by atoms with E-state index in [0.29, 0.717) is 11.3 Å².